The number of halogens is 2. The molecule has 8 heteroatoms. The lowest BCUT2D eigenvalue weighted by molar-refractivity contribution is 0.620. The van der Waals surface area contributed by atoms with Crippen LogP contribution in [0.5, 0.6) is 0 Å². The monoisotopic (exact) mass is 406 g/mol. The standard InChI is InChI=1S/C22H20F2N6/c23-15-1-2-19-17(8-15)13(10-28-19)3-6-27-22-18-12-25-5-4-20(18)29-21(30-22)14-7-16(24)11-26-9-14/h1-2,7-11,25,28H,3-6,12H2,(H,27,29,30). The maximum atomic E-state index is 13.6. The summed E-state index contributed by atoms with van der Waals surface area (Å²) < 4.78 is 27.3. The molecule has 0 fully saturated rings. The minimum atomic E-state index is -0.420. The fraction of sp³-hybridized carbons (Fsp3) is 0.227. The van der Waals surface area contributed by atoms with Gasteiger partial charge in [0.25, 0.3) is 0 Å². The van der Waals surface area contributed by atoms with Crippen LogP contribution in [-0.2, 0) is 19.4 Å². The van der Waals surface area contributed by atoms with Gasteiger partial charge in [-0.3, -0.25) is 4.98 Å². The van der Waals surface area contributed by atoms with Crippen molar-refractivity contribution in [2.75, 3.05) is 18.4 Å². The number of aromatic nitrogens is 4. The Morgan fingerprint density at radius 1 is 1.07 bits per heavy atom. The second-order valence-electron chi connectivity index (χ2n) is 7.32. The van der Waals surface area contributed by atoms with Crippen LogP contribution in [0.25, 0.3) is 22.3 Å². The second kappa shape index (κ2) is 7.79. The number of aromatic amines is 1. The Bertz CT molecular complexity index is 1220. The van der Waals surface area contributed by atoms with Gasteiger partial charge in [-0.05, 0) is 36.2 Å². The van der Waals surface area contributed by atoms with Crippen LogP contribution in [-0.4, -0.2) is 33.0 Å². The molecule has 0 bridgehead atoms. The molecular formula is C22H20F2N6. The zero-order valence-electron chi connectivity index (χ0n) is 16.2. The van der Waals surface area contributed by atoms with Crippen molar-refractivity contribution in [1.29, 1.82) is 0 Å². The molecule has 1 aliphatic rings. The maximum Gasteiger partial charge on any atom is 0.163 e. The van der Waals surface area contributed by atoms with Crippen LogP contribution >= 0.6 is 0 Å². The number of hydrogen-bond acceptors (Lipinski definition) is 5. The quantitative estimate of drug-likeness (QED) is 0.472. The van der Waals surface area contributed by atoms with Crippen molar-refractivity contribution in [3.63, 3.8) is 0 Å². The Hall–Kier alpha value is -3.39. The van der Waals surface area contributed by atoms with Gasteiger partial charge in [-0.1, -0.05) is 0 Å². The molecule has 0 radical (unpaired) electrons. The van der Waals surface area contributed by atoms with Gasteiger partial charge >= 0.3 is 0 Å². The van der Waals surface area contributed by atoms with Crippen LogP contribution < -0.4 is 10.6 Å². The fourth-order valence-corrected chi connectivity index (χ4v) is 3.83. The molecule has 0 spiro atoms. The lowest BCUT2D eigenvalue weighted by atomic mass is 10.1. The van der Waals surface area contributed by atoms with E-state index in [4.69, 9.17) is 0 Å². The molecule has 0 unspecified atom stereocenters. The van der Waals surface area contributed by atoms with Crippen molar-refractivity contribution in [1.82, 2.24) is 25.3 Å². The topological polar surface area (TPSA) is 78.5 Å². The molecule has 4 aromatic rings. The van der Waals surface area contributed by atoms with Crippen molar-refractivity contribution in [3.05, 3.63) is 71.3 Å². The van der Waals surface area contributed by atoms with E-state index < -0.39 is 5.82 Å². The average molecular weight is 406 g/mol. The number of benzene rings is 1. The molecule has 0 atom stereocenters. The van der Waals surface area contributed by atoms with E-state index in [-0.39, 0.29) is 5.82 Å². The third-order valence-electron chi connectivity index (χ3n) is 5.31. The number of nitrogens with one attached hydrogen (secondary N) is 3. The second-order valence-corrected chi connectivity index (χ2v) is 7.32. The molecule has 5 rings (SSSR count). The van der Waals surface area contributed by atoms with E-state index in [1.54, 1.807) is 18.3 Å². The van der Waals surface area contributed by atoms with E-state index in [1.807, 2.05) is 6.20 Å². The predicted octanol–water partition coefficient (Wildman–Crippen LogP) is 3.60. The highest BCUT2D eigenvalue weighted by molar-refractivity contribution is 5.83. The predicted molar refractivity (Wildman–Crippen MR) is 111 cm³/mol. The molecule has 0 saturated heterocycles. The Labute approximate surface area is 171 Å². The SMILES string of the molecule is Fc1cncc(-c2nc3c(c(NCCc4c[nH]c5ccc(F)cc45)n2)CNCC3)c1. The zero-order valence-corrected chi connectivity index (χ0v) is 16.2. The summed E-state index contributed by atoms with van der Waals surface area (Å²) in [6.45, 7) is 2.14. The summed E-state index contributed by atoms with van der Waals surface area (Å²) in [6.07, 6.45) is 6.12. The normalized spacial score (nSPS) is 13.4. The van der Waals surface area contributed by atoms with Gasteiger partial charge < -0.3 is 15.6 Å². The third kappa shape index (κ3) is 3.61. The van der Waals surface area contributed by atoms with Crippen molar-refractivity contribution in [3.8, 4) is 11.4 Å². The molecule has 3 aromatic heterocycles. The highest BCUT2D eigenvalue weighted by Gasteiger charge is 2.18. The van der Waals surface area contributed by atoms with Crippen molar-refractivity contribution < 1.29 is 8.78 Å². The average Bonchev–Trinajstić information content (AvgIpc) is 3.15. The Balaban J connectivity index is 1.41. The molecule has 4 heterocycles. The van der Waals surface area contributed by atoms with Crippen molar-refractivity contribution in [2.24, 2.45) is 0 Å². The molecule has 152 valence electrons. The van der Waals surface area contributed by atoms with Crippen LogP contribution in [0.1, 0.15) is 16.8 Å². The van der Waals surface area contributed by atoms with Gasteiger partial charge in [0, 0.05) is 60.5 Å². The third-order valence-corrected chi connectivity index (χ3v) is 5.31. The van der Waals surface area contributed by atoms with Gasteiger partial charge in [-0.15, -0.1) is 0 Å². The van der Waals surface area contributed by atoms with E-state index in [2.05, 4.69) is 30.6 Å². The molecule has 30 heavy (non-hydrogen) atoms. The van der Waals surface area contributed by atoms with Gasteiger partial charge in [0.15, 0.2) is 5.82 Å². The first-order valence-electron chi connectivity index (χ1n) is 9.88. The van der Waals surface area contributed by atoms with Crippen LogP contribution in [0, 0.1) is 11.6 Å². The van der Waals surface area contributed by atoms with Gasteiger partial charge in [0.05, 0.1) is 11.9 Å². The highest BCUT2D eigenvalue weighted by atomic mass is 19.1. The van der Waals surface area contributed by atoms with Crippen LogP contribution in [0.3, 0.4) is 0 Å². The van der Waals surface area contributed by atoms with E-state index >= 15 is 0 Å². The van der Waals surface area contributed by atoms with Gasteiger partial charge in [-0.2, -0.15) is 0 Å². The summed E-state index contributed by atoms with van der Waals surface area (Å²) >= 11 is 0. The van der Waals surface area contributed by atoms with Crippen LogP contribution in [0.15, 0.2) is 42.9 Å². The first kappa shape index (κ1) is 18.6. The first-order chi connectivity index (χ1) is 14.7. The molecule has 0 saturated carbocycles. The molecule has 3 N–H and O–H groups in total. The number of fused-ring (bicyclic) bond motifs is 2. The molecular weight excluding hydrogens is 386 g/mol. The zero-order chi connectivity index (χ0) is 20.5. The highest BCUT2D eigenvalue weighted by Crippen LogP contribution is 2.25. The Morgan fingerprint density at radius 2 is 2.00 bits per heavy atom. The minimum absolute atomic E-state index is 0.249. The van der Waals surface area contributed by atoms with E-state index in [9.17, 15) is 8.78 Å². The van der Waals surface area contributed by atoms with Crippen LogP contribution in [0.4, 0.5) is 14.6 Å². The number of rotatable bonds is 5. The maximum absolute atomic E-state index is 13.6. The Morgan fingerprint density at radius 3 is 2.90 bits per heavy atom. The number of anilines is 1. The smallest absolute Gasteiger partial charge is 0.163 e. The summed E-state index contributed by atoms with van der Waals surface area (Å²) in [5.41, 5.74) is 4.48. The lowest BCUT2D eigenvalue weighted by Gasteiger charge is -2.20. The van der Waals surface area contributed by atoms with E-state index in [0.29, 0.717) is 30.9 Å². The largest absolute Gasteiger partial charge is 0.369 e. The van der Waals surface area contributed by atoms with Gasteiger partial charge in [-0.25, -0.2) is 18.7 Å². The van der Waals surface area contributed by atoms with Crippen LogP contribution in [0.2, 0.25) is 0 Å². The number of pyridine rings is 1. The molecule has 1 aromatic carbocycles. The lowest BCUT2D eigenvalue weighted by Crippen LogP contribution is -2.27. The van der Waals surface area contributed by atoms with Crippen molar-refractivity contribution in [2.45, 2.75) is 19.4 Å². The summed E-state index contributed by atoms with van der Waals surface area (Å²) in [7, 11) is 0. The number of H-pyrrole nitrogens is 1. The van der Waals surface area contributed by atoms with Crippen molar-refractivity contribution >= 4 is 16.7 Å². The number of nitrogens with zero attached hydrogens (tertiary/aromatic N) is 3. The van der Waals surface area contributed by atoms with E-state index in [1.165, 1.54) is 12.1 Å². The van der Waals surface area contributed by atoms with Gasteiger partial charge in [0.2, 0.25) is 0 Å². The summed E-state index contributed by atoms with van der Waals surface area (Å²) in [5.74, 6) is 0.522. The first-order valence-corrected chi connectivity index (χ1v) is 9.88. The Kier molecular flexibility index (Phi) is 4.84. The molecule has 6 nitrogen and oxygen atoms in total. The molecule has 1 aliphatic heterocycles. The summed E-state index contributed by atoms with van der Waals surface area (Å²) in [6, 6.07) is 6.13. The van der Waals surface area contributed by atoms with Gasteiger partial charge in [0.1, 0.15) is 17.5 Å². The molecule has 0 aliphatic carbocycles. The molecule has 0 amide bonds. The summed E-state index contributed by atoms with van der Waals surface area (Å²) in [4.78, 5) is 16.4. The van der Waals surface area contributed by atoms with E-state index in [0.717, 1.165) is 52.7 Å². The fourth-order valence-electron chi connectivity index (χ4n) is 3.83. The number of hydrogen-bond donors (Lipinski definition) is 3. The minimum Gasteiger partial charge on any atom is -0.369 e. The summed E-state index contributed by atoms with van der Waals surface area (Å²) in [5, 5.41) is 7.63.